The Balaban J connectivity index is 2.46. The molecule has 2 atom stereocenters. The molecule has 0 fully saturated rings. The summed E-state index contributed by atoms with van der Waals surface area (Å²) < 4.78 is 0. The molecule has 84 valence electrons. The summed E-state index contributed by atoms with van der Waals surface area (Å²) in [5.41, 5.74) is 1.17. The zero-order valence-corrected chi connectivity index (χ0v) is 10.9. The van der Waals surface area contributed by atoms with Crippen LogP contribution in [0.4, 0.5) is 0 Å². The molecule has 0 saturated heterocycles. The first-order valence-electron chi connectivity index (χ1n) is 5.01. The van der Waals surface area contributed by atoms with Crippen molar-refractivity contribution < 1.29 is 0 Å². The van der Waals surface area contributed by atoms with Gasteiger partial charge in [-0.2, -0.15) is 11.8 Å². The Bertz CT molecular complexity index is 289. The topological polar surface area (TPSA) is 24.9 Å². The van der Waals surface area contributed by atoms with Crippen molar-refractivity contribution in [2.75, 3.05) is 12.8 Å². The van der Waals surface area contributed by atoms with Crippen molar-refractivity contribution >= 4 is 23.4 Å². The van der Waals surface area contributed by atoms with Crippen LogP contribution in [0.15, 0.2) is 18.3 Å². The van der Waals surface area contributed by atoms with Gasteiger partial charge in [0.1, 0.15) is 5.15 Å². The molecule has 1 aromatic rings. The van der Waals surface area contributed by atoms with E-state index < -0.39 is 0 Å². The van der Waals surface area contributed by atoms with Crippen molar-refractivity contribution in [1.82, 2.24) is 10.3 Å². The molecule has 0 spiro atoms. The Hall–Kier alpha value is -0.250. The highest BCUT2D eigenvalue weighted by Gasteiger charge is 2.06. The third-order valence-electron chi connectivity index (χ3n) is 2.36. The fourth-order valence-corrected chi connectivity index (χ4v) is 1.56. The van der Waals surface area contributed by atoms with Gasteiger partial charge >= 0.3 is 0 Å². The minimum atomic E-state index is 0.323. The van der Waals surface area contributed by atoms with Gasteiger partial charge in [0.2, 0.25) is 0 Å². The first kappa shape index (κ1) is 12.8. The van der Waals surface area contributed by atoms with E-state index in [-0.39, 0.29) is 0 Å². The zero-order chi connectivity index (χ0) is 11.3. The van der Waals surface area contributed by atoms with Crippen molar-refractivity contribution in [3.63, 3.8) is 0 Å². The number of hydrogen-bond acceptors (Lipinski definition) is 3. The molecule has 0 radical (unpaired) electrons. The van der Waals surface area contributed by atoms with E-state index in [1.54, 1.807) is 0 Å². The number of aromatic nitrogens is 1. The van der Waals surface area contributed by atoms with Gasteiger partial charge in [-0.3, -0.25) is 0 Å². The van der Waals surface area contributed by atoms with E-state index in [1.807, 2.05) is 30.1 Å². The minimum absolute atomic E-state index is 0.323. The monoisotopic (exact) mass is 244 g/mol. The number of thioether (sulfide) groups is 1. The Morgan fingerprint density at radius 1 is 1.47 bits per heavy atom. The number of halogens is 1. The second kappa shape index (κ2) is 6.36. The van der Waals surface area contributed by atoms with Crippen molar-refractivity contribution in [1.29, 1.82) is 0 Å². The molecule has 0 saturated carbocycles. The van der Waals surface area contributed by atoms with Crippen LogP contribution in [0.3, 0.4) is 0 Å². The lowest BCUT2D eigenvalue weighted by atomic mass is 10.1. The highest BCUT2D eigenvalue weighted by molar-refractivity contribution is 7.99. The van der Waals surface area contributed by atoms with E-state index in [1.165, 1.54) is 5.56 Å². The summed E-state index contributed by atoms with van der Waals surface area (Å²) in [5, 5.41) is 4.64. The molecule has 2 nitrogen and oxygen atoms in total. The van der Waals surface area contributed by atoms with Crippen LogP contribution in [0.25, 0.3) is 0 Å². The average molecular weight is 245 g/mol. The molecule has 0 aromatic carbocycles. The average Bonchev–Trinajstić information content (AvgIpc) is 2.26. The van der Waals surface area contributed by atoms with Gasteiger partial charge in [-0.25, -0.2) is 4.98 Å². The van der Waals surface area contributed by atoms with Crippen molar-refractivity contribution in [3.05, 3.63) is 29.0 Å². The predicted molar refractivity (Wildman–Crippen MR) is 68.6 cm³/mol. The first-order valence-corrected chi connectivity index (χ1v) is 6.67. The molecule has 15 heavy (non-hydrogen) atoms. The summed E-state index contributed by atoms with van der Waals surface area (Å²) >= 11 is 7.60. The molecule has 0 bridgehead atoms. The maximum absolute atomic E-state index is 5.73. The molecule has 1 rings (SSSR count). The van der Waals surface area contributed by atoms with Gasteiger partial charge in [0.25, 0.3) is 0 Å². The lowest BCUT2D eigenvalue weighted by molar-refractivity contribution is 0.574. The molecule has 1 aromatic heterocycles. The van der Waals surface area contributed by atoms with Gasteiger partial charge < -0.3 is 5.32 Å². The molecule has 0 aliphatic heterocycles. The number of rotatable bonds is 5. The summed E-state index contributed by atoms with van der Waals surface area (Å²) in [5.74, 6) is 0. The summed E-state index contributed by atoms with van der Waals surface area (Å²) in [6.07, 6.45) is 3.95. The smallest absolute Gasteiger partial charge is 0.129 e. The maximum atomic E-state index is 5.73. The molecule has 0 aliphatic carbocycles. The summed E-state index contributed by atoms with van der Waals surface area (Å²) in [6, 6.07) is 4.16. The molecular formula is C11H17ClN2S. The van der Waals surface area contributed by atoms with E-state index in [2.05, 4.69) is 30.4 Å². The summed E-state index contributed by atoms with van der Waals surface area (Å²) in [4.78, 5) is 4.07. The number of hydrogen-bond donors (Lipinski definition) is 1. The Morgan fingerprint density at radius 3 is 2.73 bits per heavy atom. The van der Waals surface area contributed by atoms with Gasteiger partial charge in [0, 0.05) is 24.0 Å². The van der Waals surface area contributed by atoms with Crippen LogP contribution < -0.4 is 5.32 Å². The van der Waals surface area contributed by atoms with Crippen LogP contribution in [0.1, 0.15) is 25.5 Å². The van der Waals surface area contributed by atoms with E-state index in [0.29, 0.717) is 16.4 Å². The van der Waals surface area contributed by atoms with Gasteiger partial charge in [0.15, 0.2) is 0 Å². The molecule has 1 heterocycles. The zero-order valence-electron chi connectivity index (χ0n) is 9.33. The highest BCUT2D eigenvalue weighted by Crippen LogP contribution is 2.14. The molecule has 0 aliphatic rings. The van der Waals surface area contributed by atoms with Gasteiger partial charge in [-0.1, -0.05) is 24.6 Å². The van der Waals surface area contributed by atoms with E-state index in [0.717, 1.165) is 6.54 Å². The SMILES string of the molecule is CSC(C)CNC(C)c1ccc(Cl)nc1. The number of nitrogens with zero attached hydrogens (tertiary/aromatic N) is 1. The van der Waals surface area contributed by atoms with Gasteiger partial charge in [-0.15, -0.1) is 0 Å². The van der Waals surface area contributed by atoms with Gasteiger partial charge in [0.05, 0.1) is 0 Å². The van der Waals surface area contributed by atoms with Gasteiger partial charge in [-0.05, 0) is 24.8 Å². The predicted octanol–water partition coefficient (Wildman–Crippen LogP) is 3.14. The molecule has 1 N–H and O–H groups in total. The van der Waals surface area contributed by atoms with Crippen LogP contribution in [0.5, 0.6) is 0 Å². The summed E-state index contributed by atoms with van der Waals surface area (Å²) in [6.45, 7) is 5.35. The number of pyridine rings is 1. The van der Waals surface area contributed by atoms with E-state index in [9.17, 15) is 0 Å². The minimum Gasteiger partial charge on any atom is -0.309 e. The third-order valence-corrected chi connectivity index (χ3v) is 3.56. The third kappa shape index (κ3) is 4.41. The quantitative estimate of drug-likeness (QED) is 0.806. The van der Waals surface area contributed by atoms with E-state index >= 15 is 0 Å². The molecular weight excluding hydrogens is 228 g/mol. The molecule has 2 unspecified atom stereocenters. The lowest BCUT2D eigenvalue weighted by Gasteiger charge is -2.16. The second-order valence-electron chi connectivity index (χ2n) is 3.59. The largest absolute Gasteiger partial charge is 0.309 e. The molecule has 4 heteroatoms. The first-order chi connectivity index (χ1) is 7.13. The normalized spacial score (nSPS) is 14.9. The standard InChI is InChI=1S/C11H17ClN2S/c1-8(15-3)6-13-9(2)10-4-5-11(12)14-7-10/h4-5,7-9,13H,6H2,1-3H3. The fourth-order valence-electron chi connectivity index (χ4n) is 1.19. The Kier molecular flexibility index (Phi) is 5.43. The summed E-state index contributed by atoms with van der Waals surface area (Å²) in [7, 11) is 0. The van der Waals surface area contributed by atoms with Crippen LogP contribution in [0, 0.1) is 0 Å². The Labute approximate surface area is 101 Å². The molecule has 0 amide bonds. The maximum Gasteiger partial charge on any atom is 0.129 e. The van der Waals surface area contributed by atoms with E-state index in [4.69, 9.17) is 11.6 Å². The fraction of sp³-hybridized carbons (Fsp3) is 0.545. The van der Waals surface area contributed by atoms with Crippen molar-refractivity contribution in [2.45, 2.75) is 25.1 Å². The van der Waals surface area contributed by atoms with Crippen LogP contribution in [-0.2, 0) is 0 Å². The van der Waals surface area contributed by atoms with Crippen LogP contribution in [0.2, 0.25) is 5.15 Å². The number of nitrogens with one attached hydrogen (secondary N) is 1. The van der Waals surface area contributed by atoms with Crippen LogP contribution >= 0.6 is 23.4 Å². The highest BCUT2D eigenvalue weighted by atomic mass is 35.5. The lowest BCUT2D eigenvalue weighted by Crippen LogP contribution is -2.25. The second-order valence-corrected chi connectivity index (χ2v) is 5.25. The van der Waals surface area contributed by atoms with Crippen molar-refractivity contribution in [2.24, 2.45) is 0 Å². The van der Waals surface area contributed by atoms with Crippen LogP contribution in [-0.4, -0.2) is 23.0 Å². The van der Waals surface area contributed by atoms with Crippen molar-refractivity contribution in [3.8, 4) is 0 Å². The Morgan fingerprint density at radius 2 is 2.20 bits per heavy atom.